The van der Waals surface area contributed by atoms with E-state index < -0.39 is 0 Å². The van der Waals surface area contributed by atoms with E-state index in [-0.39, 0.29) is 24.4 Å². The summed E-state index contributed by atoms with van der Waals surface area (Å²) in [5.74, 6) is 0.824. The fourth-order valence-electron chi connectivity index (χ4n) is 1.35. The van der Waals surface area contributed by atoms with Gasteiger partial charge >= 0.3 is 0 Å². The van der Waals surface area contributed by atoms with Crippen LogP contribution in [0.15, 0.2) is 24.3 Å². The van der Waals surface area contributed by atoms with Crippen LogP contribution >= 0.6 is 12.4 Å². The second kappa shape index (κ2) is 8.78. The summed E-state index contributed by atoms with van der Waals surface area (Å²) >= 11 is 0. The summed E-state index contributed by atoms with van der Waals surface area (Å²) < 4.78 is 5.52. The Morgan fingerprint density at radius 3 is 2.39 bits per heavy atom. The SMILES string of the molecule is CNCCC(=O)Nc1ccc(OC(C)C)cc1.Cl. The molecule has 1 amide bonds. The average Bonchev–Trinajstić information content (AvgIpc) is 2.28. The van der Waals surface area contributed by atoms with E-state index >= 15 is 0 Å². The van der Waals surface area contributed by atoms with Gasteiger partial charge in [0.1, 0.15) is 5.75 Å². The van der Waals surface area contributed by atoms with Gasteiger partial charge < -0.3 is 15.4 Å². The summed E-state index contributed by atoms with van der Waals surface area (Å²) in [5.41, 5.74) is 0.794. The van der Waals surface area contributed by atoms with E-state index in [0.29, 0.717) is 13.0 Å². The molecule has 0 spiro atoms. The fraction of sp³-hybridized carbons (Fsp3) is 0.462. The maximum atomic E-state index is 11.5. The Balaban J connectivity index is 0.00000289. The molecule has 1 rings (SSSR count). The van der Waals surface area contributed by atoms with Crippen LogP contribution in [0.3, 0.4) is 0 Å². The zero-order valence-electron chi connectivity index (χ0n) is 11.0. The molecule has 0 aliphatic carbocycles. The van der Waals surface area contributed by atoms with Gasteiger partial charge in [-0.3, -0.25) is 4.79 Å². The van der Waals surface area contributed by atoms with Gasteiger partial charge in [-0.05, 0) is 45.2 Å². The minimum absolute atomic E-state index is 0. The highest BCUT2D eigenvalue weighted by atomic mass is 35.5. The Kier molecular flexibility index (Phi) is 8.16. The lowest BCUT2D eigenvalue weighted by Gasteiger charge is -2.10. The molecule has 18 heavy (non-hydrogen) atoms. The molecule has 0 aliphatic heterocycles. The first kappa shape index (κ1) is 16.7. The van der Waals surface area contributed by atoms with Crippen molar-refractivity contribution in [3.8, 4) is 5.75 Å². The van der Waals surface area contributed by atoms with E-state index in [2.05, 4.69) is 10.6 Å². The number of carbonyl (C=O) groups excluding carboxylic acids is 1. The van der Waals surface area contributed by atoms with Crippen molar-refractivity contribution >= 4 is 24.0 Å². The predicted octanol–water partition coefficient (Wildman–Crippen LogP) is 2.44. The zero-order chi connectivity index (χ0) is 12.7. The summed E-state index contributed by atoms with van der Waals surface area (Å²) in [4.78, 5) is 11.5. The molecule has 1 aromatic carbocycles. The highest BCUT2D eigenvalue weighted by molar-refractivity contribution is 5.90. The summed E-state index contributed by atoms with van der Waals surface area (Å²) in [5, 5.41) is 5.76. The summed E-state index contributed by atoms with van der Waals surface area (Å²) in [6.07, 6.45) is 0.631. The van der Waals surface area contributed by atoms with Gasteiger partial charge in [-0.25, -0.2) is 0 Å². The van der Waals surface area contributed by atoms with Gasteiger partial charge in [-0.2, -0.15) is 0 Å². The first-order valence-electron chi connectivity index (χ1n) is 5.83. The zero-order valence-corrected chi connectivity index (χ0v) is 11.8. The molecule has 0 saturated heterocycles. The van der Waals surface area contributed by atoms with Crippen LogP contribution in [-0.2, 0) is 4.79 Å². The van der Waals surface area contributed by atoms with E-state index in [9.17, 15) is 4.79 Å². The van der Waals surface area contributed by atoms with Gasteiger partial charge in [-0.15, -0.1) is 12.4 Å². The second-order valence-electron chi connectivity index (χ2n) is 4.09. The van der Waals surface area contributed by atoms with E-state index in [4.69, 9.17) is 4.74 Å². The highest BCUT2D eigenvalue weighted by Crippen LogP contribution is 2.16. The first-order valence-corrected chi connectivity index (χ1v) is 5.83. The standard InChI is InChI=1S/C13H20N2O2.ClH/c1-10(2)17-12-6-4-11(5-7-12)15-13(16)8-9-14-3;/h4-7,10,14H,8-9H2,1-3H3,(H,15,16);1H. The average molecular weight is 273 g/mol. The molecular formula is C13H21ClN2O2. The van der Waals surface area contributed by atoms with Gasteiger partial charge in [0, 0.05) is 18.7 Å². The molecule has 0 fully saturated rings. The van der Waals surface area contributed by atoms with Gasteiger partial charge in [0.05, 0.1) is 6.10 Å². The van der Waals surface area contributed by atoms with Crippen molar-refractivity contribution in [2.75, 3.05) is 18.9 Å². The molecule has 0 aromatic heterocycles. The molecule has 4 nitrogen and oxygen atoms in total. The first-order chi connectivity index (χ1) is 8.11. The molecule has 0 radical (unpaired) electrons. The quantitative estimate of drug-likeness (QED) is 0.836. The third kappa shape index (κ3) is 6.47. The van der Waals surface area contributed by atoms with Crippen LogP contribution in [0.4, 0.5) is 5.69 Å². The Morgan fingerprint density at radius 2 is 1.89 bits per heavy atom. The summed E-state index contributed by atoms with van der Waals surface area (Å²) in [6, 6.07) is 7.39. The number of hydrogen-bond acceptors (Lipinski definition) is 3. The molecule has 2 N–H and O–H groups in total. The number of rotatable bonds is 6. The summed E-state index contributed by atoms with van der Waals surface area (Å²) in [7, 11) is 1.82. The predicted molar refractivity (Wildman–Crippen MR) is 76.6 cm³/mol. The van der Waals surface area contributed by atoms with Crippen molar-refractivity contribution in [2.45, 2.75) is 26.4 Å². The molecule has 5 heteroatoms. The van der Waals surface area contributed by atoms with Crippen molar-refractivity contribution < 1.29 is 9.53 Å². The van der Waals surface area contributed by atoms with Crippen LogP contribution in [0.1, 0.15) is 20.3 Å². The maximum absolute atomic E-state index is 11.5. The maximum Gasteiger partial charge on any atom is 0.225 e. The van der Waals surface area contributed by atoms with Crippen molar-refractivity contribution in [3.05, 3.63) is 24.3 Å². The van der Waals surface area contributed by atoms with E-state index in [1.54, 1.807) is 0 Å². The van der Waals surface area contributed by atoms with Crippen LogP contribution in [0.5, 0.6) is 5.75 Å². The largest absolute Gasteiger partial charge is 0.491 e. The summed E-state index contributed by atoms with van der Waals surface area (Å²) in [6.45, 7) is 4.64. The molecule has 0 saturated carbocycles. The van der Waals surface area contributed by atoms with Crippen molar-refractivity contribution in [3.63, 3.8) is 0 Å². The number of amides is 1. The Bertz CT molecular complexity index is 353. The Morgan fingerprint density at radius 1 is 1.28 bits per heavy atom. The molecule has 0 aliphatic rings. The highest BCUT2D eigenvalue weighted by Gasteiger charge is 2.02. The van der Waals surface area contributed by atoms with Crippen molar-refractivity contribution in [1.29, 1.82) is 0 Å². The number of nitrogens with one attached hydrogen (secondary N) is 2. The van der Waals surface area contributed by atoms with E-state index in [1.165, 1.54) is 0 Å². The molecule has 0 atom stereocenters. The monoisotopic (exact) mass is 272 g/mol. The number of ether oxygens (including phenoxy) is 1. The minimum Gasteiger partial charge on any atom is -0.491 e. The molecule has 1 aromatic rings. The molecule has 0 bridgehead atoms. The molecule has 102 valence electrons. The fourth-order valence-corrected chi connectivity index (χ4v) is 1.35. The third-order valence-electron chi connectivity index (χ3n) is 2.11. The molecular weight excluding hydrogens is 252 g/mol. The van der Waals surface area contributed by atoms with Gasteiger partial charge in [-0.1, -0.05) is 0 Å². The number of carbonyl (C=O) groups is 1. The number of benzene rings is 1. The lowest BCUT2D eigenvalue weighted by Crippen LogP contribution is -2.18. The Hall–Kier alpha value is -1.26. The third-order valence-corrected chi connectivity index (χ3v) is 2.11. The van der Waals surface area contributed by atoms with Gasteiger partial charge in [0.25, 0.3) is 0 Å². The number of anilines is 1. The molecule has 0 heterocycles. The minimum atomic E-state index is 0. The second-order valence-corrected chi connectivity index (χ2v) is 4.09. The van der Waals surface area contributed by atoms with Crippen LogP contribution in [-0.4, -0.2) is 25.6 Å². The Labute approximate surface area is 115 Å². The number of halogens is 1. The lowest BCUT2D eigenvalue weighted by molar-refractivity contribution is -0.116. The van der Waals surface area contributed by atoms with Gasteiger partial charge in [0.2, 0.25) is 5.91 Å². The van der Waals surface area contributed by atoms with Crippen molar-refractivity contribution in [1.82, 2.24) is 5.32 Å². The van der Waals surface area contributed by atoms with E-state index in [0.717, 1.165) is 11.4 Å². The van der Waals surface area contributed by atoms with Crippen LogP contribution < -0.4 is 15.4 Å². The lowest BCUT2D eigenvalue weighted by atomic mass is 10.3. The topological polar surface area (TPSA) is 50.4 Å². The smallest absolute Gasteiger partial charge is 0.225 e. The van der Waals surface area contributed by atoms with Crippen LogP contribution in [0, 0.1) is 0 Å². The van der Waals surface area contributed by atoms with Crippen LogP contribution in [0.2, 0.25) is 0 Å². The molecule has 0 unspecified atom stereocenters. The van der Waals surface area contributed by atoms with E-state index in [1.807, 2.05) is 45.2 Å². The van der Waals surface area contributed by atoms with Crippen molar-refractivity contribution in [2.24, 2.45) is 0 Å². The van der Waals surface area contributed by atoms with Crippen LogP contribution in [0.25, 0.3) is 0 Å². The number of hydrogen-bond donors (Lipinski definition) is 2. The van der Waals surface area contributed by atoms with Gasteiger partial charge in [0.15, 0.2) is 0 Å². The normalized spacial score (nSPS) is 9.78.